The normalized spacial score (nSPS) is 26.7. The number of esters is 1. The Morgan fingerprint density at radius 1 is 0.892 bits per heavy atom. The summed E-state index contributed by atoms with van der Waals surface area (Å²) >= 11 is 0. The molecule has 0 spiro atoms. The fourth-order valence-electron chi connectivity index (χ4n) is 10.2. The molecule has 3 rings (SSSR count). The number of carbonyl (C=O) groups is 2. The van der Waals surface area contributed by atoms with Crippen molar-refractivity contribution in [2.75, 3.05) is 26.2 Å². The predicted molar refractivity (Wildman–Crippen MR) is 274 cm³/mol. The number of piperazine rings is 1. The van der Waals surface area contributed by atoms with Crippen molar-refractivity contribution in [2.24, 2.45) is 5.92 Å². The Kier molecular flexibility index (Phi) is 23.4. The first-order valence-electron chi connectivity index (χ1n) is 26.1. The fraction of sp³-hybridized carbons (Fsp3) is 0.843. The third-order valence-electron chi connectivity index (χ3n) is 16.4. The van der Waals surface area contributed by atoms with E-state index in [1.54, 1.807) is 4.90 Å². The summed E-state index contributed by atoms with van der Waals surface area (Å²) in [5, 5.41) is 16.2. The molecular formula is C51H96N2O9Si3. The second-order valence-corrected chi connectivity index (χ2v) is 34.0. The second kappa shape index (κ2) is 26.4. The third kappa shape index (κ3) is 15.2. The van der Waals surface area contributed by atoms with Gasteiger partial charge in [-0.25, -0.2) is 4.79 Å². The van der Waals surface area contributed by atoms with E-state index in [9.17, 15) is 14.7 Å². The van der Waals surface area contributed by atoms with Crippen molar-refractivity contribution in [3.8, 4) is 0 Å². The molecule has 3 aliphatic rings. The van der Waals surface area contributed by atoms with Crippen LogP contribution in [0.15, 0.2) is 35.5 Å². The summed E-state index contributed by atoms with van der Waals surface area (Å²) in [6.45, 7) is 35.2. The van der Waals surface area contributed by atoms with Crippen molar-refractivity contribution < 1.29 is 42.2 Å². The number of ether oxygens (including phenoxy) is 3. The van der Waals surface area contributed by atoms with Crippen LogP contribution in [-0.4, -0.2) is 121 Å². The summed E-state index contributed by atoms with van der Waals surface area (Å²) in [4.78, 5) is 29.0. The first-order chi connectivity index (χ1) is 30.8. The highest BCUT2D eigenvalue weighted by Gasteiger charge is 2.63. The van der Waals surface area contributed by atoms with E-state index in [4.69, 9.17) is 27.5 Å². The van der Waals surface area contributed by atoms with Gasteiger partial charge in [0.15, 0.2) is 25.0 Å². The van der Waals surface area contributed by atoms with Crippen molar-refractivity contribution in [3.05, 3.63) is 35.5 Å². The van der Waals surface area contributed by atoms with Crippen LogP contribution in [0, 0.1) is 5.92 Å². The Labute approximate surface area is 400 Å². The standard InChI is InChI=1S/C51H96N2O9Si3/c1-16-44(61-64(20-5,21-6)22-7)41(13)47-48(59-47)51(15,56)50(14,62-65(23-8,24-9)25-10)33-32-39(11)40(12)45-31-27-29-42(57-49(55)53-36-34-52-35-37-53)28-26-30-43(38-46(54)58-45)60-63(17-2,18-3)19-4/h27,29,32-33,41-45,47-48,52,56H,16-26,28,30-31,34-38H2,1-15H3/b29-27+,33-32+,40-39+/t41-,42-,43-,44+,45-,47+,48+,50-,51-/m1/s1. The molecule has 0 saturated carbocycles. The molecule has 2 fully saturated rings. The lowest BCUT2D eigenvalue weighted by Gasteiger charge is -2.46. The molecule has 0 radical (unpaired) electrons. The molecule has 0 aliphatic carbocycles. The van der Waals surface area contributed by atoms with Crippen LogP contribution in [0.4, 0.5) is 4.79 Å². The molecule has 0 unspecified atom stereocenters. The van der Waals surface area contributed by atoms with Gasteiger partial charge in [-0.05, 0) is 125 Å². The minimum atomic E-state index is -2.27. The maximum absolute atomic E-state index is 14.0. The average molecular weight is 966 g/mol. The van der Waals surface area contributed by atoms with Gasteiger partial charge in [0.25, 0.3) is 0 Å². The number of amides is 1. The van der Waals surface area contributed by atoms with E-state index in [1.807, 2.05) is 52.0 Å². The molecule has 0 bridgehead atoms. The first kappa shape index (κ1) is 57.7. The third-order valence-corrected chi connectivity index (χ3v) is 30.5. The number of hydrogen-bond acceptors (Lipinski definition) is 10. The van der Waals surface area contributed by atoms with Gasteiger partial charge in [-0.1, -0.05) is 94.4 Å². The number of allylic oxidation sites excluding steroid dienone is 2. The van der Waals surface area contributed by atoms with Crippen LogP contribution in [0.1, 0.15) is 142 Å². The molecule has 3 heterocycles. The molecule has 0 aromatic rings. The second-order valence-electron chi connectivity index (χ2n) is 19.9. The van der Waals surface area contributed by atoms with Gasteiger partial charge in [-0.2, -0.15) is 0 Å². The maximum Gasteiger partial charge on any atom is 0.410 e. The van der Waals surface area contributed by atoms with Crippen LogP contribution in [-0.2, 0) is 32.3 Å². The molecule has 3 aliphatic heterocycles. The van der Waals surface area contributed by atoms with Crippen LogP contribution in [0.25, 0.3) is 0 Å². The number of carbonyl (C=O) groups excluding carboxylic acids is 2. The van der Waals surface area contributed by atoms with Crippen molar-refractivity contribution in [1.29, 1.82) is 0 Å². The van der Waals surface area contributed by atoms with Crippen molar-refractivity contribution >= 4 is 37.0 Å². The van der Waals surface area contributed by atoms with Gasteiger partial charge in [0.1, 0.15) is 29.5 Å². The maximum atomic E-state index is 14.0. The topological polar surface area (TPSA) is 128 Å². The molecule has 11 nitrogen and oxygen atoms in total. The van der Waals surface area contributed by atoms with E-state index in [1.165, 1.54) is 0 Å². The summed E-state index contributed by atoms with van der Waals surface area (Å²) in [5.41, 5.74) is -0.607. The first-order valence-corrected chi connectivity index (χ1v) is 33.7. The van der Waals surface area contributed by atoms with Crippen LogP contribution >= 0.6 is 0 Å². The number of nitrogens with one attached hydrogen (secondary N) is 1. The number of epoxide rings is 1. The minimum absolute atomic E-state index is 0.0619. The quantitative estimate of drug-likeness (QED) is 0.0317. The van der Waals surface area contributed by atoms with Gasteiger partial charge in [0, 0.05) is 44.6 Å². The zero-order chi connectivity index (χ0) is 48.6. The monoisotopic (exact) mass is 965 g/mol. The van der Waals surface area contributed by atoms with Gasteiger partial charge in [0.2, 0.25) is 0 Å². The fourth-order valence-corrected chi connectivity index (χ4v) is 19.2. The molecule has 0 aromatic carbocycles. The average Bonchev–Trinajstić information content (AvgIpc) is 4.14. The zero-order valence-corrected chi connectivity index (χ0v) is 46.9. The summed E-state index contributed by atoms with van der Waals surface area (Å²) < 4.78 is 40.4. The zero-order valence-electron chi connectivity index (χ0n) is 43.9. The Morgan fingerprint density at radius 2 is 1.46 bits per heavy atom. The summed E-state index contributed by atoms with van der Waals surface area (Å²) in [7, 11) is -6.16. The van der Waals surface area contributed by atoms with Gasteiger partial charge in [0.05, 0.1) is 18.6 Å². The summed E-state index contributed by atoms with van der Waals surface area (Å²) in [6.07, 6.45) is 9.62. The number of hydrogen-bond donors (Lipinski definition) is 2. The predicted octanol–water partition coefficient (Wildman–Crippen LogP) is 11.8. The molecule has 65 heavy (non-hydrogen) atoms. The van der Waals surface area contributed by atoms with Gasteiger partial charge in [-0.3, -0.25) is 4.79 Å². The van der Waals surface area contributed by atoms with E-state index in [-0.39, 0.29) is 42.7 Å². The minimum Gasteiger partial charge on any atom is -0.457 e. The lowest BCUT2D eigenvalue weighted by Crippen LogP contribution is -2.60. The molecule has 14 heteroatoms. The summed E-state index contributed by atoms with van der Waals surface area (Å²) in [5.74, 6) is -0.157. The molecule has 376 valence electrons. The van der Waals surface area contributed by atoms with Crippen molar-refractivity contribution in [1.82, 2.24) is 10.2 Å². The van der Waals surface area contributed by atoms with Crippen LogP contribution in [0.3, 0.4) is 0 Å². The number of cyclic esters (lactones) is 1. The molecule has 1 amide bonds. The SMILES string of the molecule is CC[C@H](O[Si](CC)(CC)CC)[C@@H](C)[C@@H]1O[C@@H]1[C@@](C)(O)[C@@](C)(/C=C/C(C)=C(\C)[C@H]1C/C=C/[C@H](OC(=O)N2CCNCC2)CCC[C@@H](O[Si](CC)(CC)CC)CC(=O)O1)O[Si](CC)(CC)CC. The lowest BCUT2D eigenvalue weighted by molar-refractivity contribution is -0.149. The van der Waals surface area contributed by atoms with E-state index < -0.39 is 54.5 Å². The van der Waals surface area contributed by atoms with E-state index >= 15 is 0 Å². The van der Waals surface area contributed by atoms with Gasteiger partial charge < -0.3 is 42.8 Å². The highest BCUT2D eigenvalue weighted by atomic mass is 28.4. The highest BCUT2D eigenvalue weighted by Crippen LogP contribution is 2.48. The van der Waals surface area contributed by atoms with Crippen LogP contribution in [0.5, 0.6) is 0 Å². The van der Waals surface area contributed by atoms with E-state index in [0.717, 1.165) is 91.5 Å². The molecular weight excluding hydrogens is 869 g/mol. The highest BCUT2D eigenvalue weighted by molar-refractivity contribution is 6.74. The van der Waals surface area contributed by atoms with E-state index in [0.29, 0.717) is 32.4 Å². The lowest BCUT2D eigenvalue weighted by atomic mass is 9.79. The Morgan fingerprint density at radius 3 is 2.00 bits per heavy atom. The van der Waals surface area contributed by atoms with Crippen molar-refractivity contribution in [3.63, 3.8) is 0 Å². The molecule has 0 aromatic heterocycles. The van der Waals surface area contributed by atoms with Crippen molar-refractivity contribution in [2.45, 2.75) is 245 Å². The van der Waals surface area contributed by atoms with Gasteiger partial charge in [-0.15, -0.1) is 0 Å². The Balaban J connectivity index is 2.02. The number of rotatable bonds is 24. The van der Waals surface area contributed by atoms with Crippen LogP contribution in [0.2, 0.25) is 54.4 Å². The molecule has 2 N–H and O–H groups in total. The number of nitrogens with zero attached hydrogens (tertiary/aromatic N) is 1. The van der Waals surface area contributed by atoms with Gasteiger partial charge >= 0.3 is 12.1 Å². The Hall–Kier alpha value is -1.63. The Bertz CT molecular complexity index is 1530. The smallest absolute Gasteiger partial charge is 0.410 e. The molecule has 2 saturated heterocycles. The summed E-state index contributed by atoms with van der Waals surface area (Å²) in [6, 6.07) is 9.03. The number of aliphatic hydroxyl groups is 1. The molecule has 9 atom stereocenters. The van der Waals surface area contributed by atoms with E-state index in [2.05, 4.69) is 81.5 Å². The van der Waals surface area contributed by atoms with Crippen LogP contribution < -0.4 is 5.32 Å². The largest absolute Gasteiger partial charge is 0.457 e.